The summed E-state index contributed by atoms with van der Waals surface area (Å²) in [6.45, 7) is 1.74. The molecule has 0 spiro atoms. The Hall–Kier alpha value is -3.15. The Morgan fingerprint density at radius 3 is 2.16 bits per heavy atom. The van der Waals surface area contributed by atoms with Crippen molar-refractivity contribution in [2.24, 2.45) is 0 Å². The first-order valence-corrected chi connectivity index (χ1v) is 7.86. The Labute approximate surface area is 145 Å². The number of rotatable bonds is 6. The van der Waals surface area contributed by atoms with E-state index in [9.17, 15) is 14.4 Å². The fraction of sp³-hybridized carbons (Fsp3) is 0.211. The summed E-state index contributed by atoms with van der Waals surface area (Å²) < 4.78 is 10.5. The standard InChI is InChI=1S/C19H17NO5/c1-13-6-8-14(9-7-13)24-11-10-17(21)25-12-20-18(22)15-4-2-3-5-16(15)19(20)23/h2-9H,10-12H2,1H3. The number of carbonyl (C=O) groups excluding carboxylic acids is 3. The predicted octanol–water partition coefficient (Wildman–Crippen LogP) is 2.56. The van der Waals surface area contributed by atoms with Crippen LogP contribution in [0.25, 0.3) is 0 Å². The number of esters is 1. The number of ether oxygens (including phenoxy) is 2. The first-order chi connectivity index (χ1) is 12.1. The molecule has 2 aromatic rings. The van der Waals surface area contributed by atoms with Gasteiger partial charge in [-0.1, -0.05) is 29.8 Å². The van der Waals surface area contributed by atoms with Crippen molar-refractivity contribution in [2.75, 3.05) is 13.3 Å². The van der Waals surface area contributed by atoms with Gasteiger partial charge >= 0.3 is 5.97 Å². The van der Waals surface area contributed by atoms with Crippen LogP contribution in [0, 0.1) is 6.92 Å². The fourth-order valence-corrected chi connectivity index (χ4v) is 2.45. The molecule has 0 bridgehead atoms. The molecule has 0 fully saturated rings. The molecule has 2 amide bonds. The van der Waals surface area contributed by atoms with E-state index in [0.717, 1.165) is 10.5 Å². The van der Waals surface area contributed by atoms with Crippen LogP contribution >= 0.6 is 0 Å². The van der Waals surface area contributed by atoms with E-state index in [0.29, 0.717) is 16.9 Å². The third-order valence-electron chi connectivity index (χ3n) is 3.83. The van der Waals surface area contributed by atoms with Gasteiger partial charge in [0, 0.05) is 0 Å². The van der Waals surface area contributed by atoms with Gasteiger partial charge in [0.25, 0.3) is 11.8 Å². The topological polar surface area (TPSA) is 72.9 Å². The van der Waals surface area contributed by atoms with Crippen molar-refractivity contribution >= 4 is 17.8 Å². The van der Waals surface area contributed by atoms with Crippen LogP contribution in [0.3, 0.4) is 0 Å². The SMILES string of the molecule is Cc1ccc(OCCC(=O)OCN2C(=O)c3ccccc3C2=O)cc1. The summed E-state index contributed by atoms with van der Waals surface area (Å²) in [6.07, 6.45) is 0.0248. The average molecular weight is 339 g/mol. The summed E-state index contributed by atoms with van der Waals surface area (Å²) >= 11 is 0. The lowest BCUT2D eigenvalue weighted by molar-refractivity contribution is -0.146. The Balaban J connectivity index is 1.46. The normalized spacial score (nSPS) is 12.9. The van der Waals surface area contributed by atoms with Crippen LogP contribution in [0.5, 0.6) is 5.75 Å². The molecular weight excluding hydrogens is 322 g/mol. The van der Waals surface area contributed by atoms with E-state index in [2.05, 4.69) is 0 Å². The number of carbonyl (C=O) groups is 3. The maximum atomic E-state index is 12.1. The van der Waals surface area contributed by atoms with Gasteiger partial charge in [-0.25, -0.2) is 4.90 Å². The molecule has 0 atom stereocenters. The highest BCUT2D eigenvalue weighted by Gasteiger charge is 2.35. The number of hydrogen-bond acceptors (Lipinski definition) is 5. The van der Waals surface area contributed by atoms with Crippen molar-refractivity contribution in [3.05, 3.63) is 65.2 Å². The van der Waals surface area contributed by atoms with Gasteiger partial charge in [-0.2, -0.15) is 0 Å². The van der Waals surface area contributed by atoms with E-state index in [-0.39, 0.29) is 13.0 Å². The molecule has 0 aromatic heterocycles. The van der Waals surface area contributed by atoms with Crippen molar-refractivity contribution in [2.45, 2.75) is 13.3 Å². The van der Waals surface area contributed by atoms with E-state index in [1.165, 1.54) is 0 Å². The molecule has 0 saturated heterocycles. The summed E-state index contributed by atoms with van der Waals surface area (Å²) in [5, 5.41) is 0. The van der Waals surface area contributed by atoms with Gasteiger partial charge in [-0.05, 0) is 31.2 Å². The van der Waals surface area contributed by atoms with E-state index >= 15 is 0 Å². The molecule has 128 valence electrons. The molecule has 0 aliphatic carbocycles. The van der Waals surface area contributed by atoms with Crippen molar-refractivity contribution in [1.82, 2.24) is 4.90 Å². The highest BCUT2D eigenvalue weighted by atomic mass is 16.5. The number of hydrogen-bond donors (Lipinski definition) is 0. The van der Waals surface area contributed by atoms with Crippen molar-refractivity contribution in [1.29, 1.82) is 0 Å². The van der Waals surface area contributed by atoms with Crippen LogP contribution in [-0.2, 0) is 9.53 Å². The lowest BCUT2D eigenvalue weighted by Gasteiger charge is -2.14. The second-order valence-electron chi connectivity index (χ2n) is 5.64. The highest BCUT2D eigenvalue weighted by molar-refractivity contribution is 6.21. The Kier molecular flexibility index (Phi) is 4.79. The van der Waals surface area contributed by atoms with Crippen LogP contribution in [0.1, 0.15) is 32.7 Å². The number of aryl methyl sites for hydroxylation is 1. The lowest BCUT2D eigenvalue weighted by Crippen LogP contribution is -2.33. The zero-order valence-electron chi connectivity index (χ0n) is 13.7. The average Bonchev–Trinajstić information content (AvgIpc) is 2.86. The summed E-state index contributed by atoms with van der Waals surface area (Å²) in [4.78, 5) is 37.0. The maximum Gasteiger partial charge on any atom is 0.310 e. The monoisotopic (exact) mass is 339 g/mol. The molecule has 0 saturated carbocycles. The quantitative estimate of drug-likeness (QED) is 0.597. The largest absolute Gasteiger partial charge is 0.493 e. The molecule has 25 heavy (non-hydrogen) atoms. The van der Waals surface area contributed by atoms with Crippen LogP contribution in [-0.4, -0.2) is 36.0 Å². The summed E-state index contributed by atoms with van der Waals surface area (Å²) in [7, 11) is 0. The molecule has 6 heteroatoms. The van der Waals surface area contributed by atoms with Gasteiger partial charge in [-0.15, -0.1) is 0 Å². The molecular formula is C19H17NO5. The van der Waals surface area contributed by atoms with E-state index in [1.54, 1.807) is 24.3 Å². The van der Waals surface area contributed by atoms with E-state index in [1.807, 2.05) is 31.2 Å². The molecule has 6 nitrogen and oxygen atoms in total. The highest BCUT2D eigenvalue weighted by Crippen LogP contribution is 2.22. The Morgan fingerprint density at radius 2 is 1.56 bits per heavy atom. The lowest BCUT2D eigenvalue weighted by atomic mass is 10.1. The van der Waals surface area contributed by atoms with Crippen molar-refractivity contribution in [3.63, 3.8) is 0 Å². The van der Waals surface area contributed by atoms with Gasteiger partial charge in [0.1, 0.15) is 5.75 Å². The smallest absolute Gasteiger partial charge is 0.310 e. The number of amides is 2. The van der Waals surface area contributed by atoms with Crippen LogP contribution in [0.4, 0.5) is 0 Å². The maximum absolute atomic E-state index is 12.1. The predicted molar refractivity (Wildman–Crippen MR) is 89.2 cm³/mol. The van der Waals surface area contributed by atoms with Gasteiger partial charge in [0.15, 0.2) is 6.73 Å². The number of nitrogens with zero attached hydrogens (tertiary/aromatic N) is 1. The van der Waals surface area contributed by atoms with Crippen LogP contribution in [0.2, 0.25) is 0 Å². The summed E-state index contributed by atoms with van der Waals surface area (Å²) in [6, 6.07) is 14.0. The molecule has 1 aliphatic heterocycles. The zero-order chi connectivity index (χ0) is 17.8. The third-order valence-corrected chi connectivity index (χ3v) is 3.83. The molecule has 0 N–H and O–H groups in total. The number of benzene rings is 2. The van der Waals surface area contributed by atoms with Crippen LogP contribution < -0.4 is 4.74 Å². The van der Waals surface area contributed by atoms with E-state index < -0.39 is 24.5 Å². The second kappa shape index (κ2) is 7.17. The van der Waals surface area contributed by atoms with Crippen molar-refractivity contribution < 1.29 is 23.9 Å². The molecule has 0 unspecified atom stereocenters. The Bertz CT molecular complexity index is 778. The second-order valence-corrected chi connectivity index (χ2v) is 5.64. The molecule has 1 heterocycles. The first-order valence-electron chi connectivity index (χ1n) is 7.86. The molecule has 1 aliphatic rings. The van der Waals surface area contributed by atoms with Crippen LogP contribution in [0.15, 0.2) is 48.5 Å². The van der Waals surface area contributed by atoms with Crippen molar-refractivity contribution in [3.8, 4) is 5.75 Å². The summed E-state index contributed by atoms with van der Waals surface area (Å²) in [5.41, 5.74) is 1.77. The third kappa shape index (κ3) is 3.68. The Morgan fingerprint density at radius 1 is 0.960 bits per heavy atom. The number of imide groups is 1. The first kappa shape index (κ1) is 16.7. The molecule has 3 rings (SSSR count). The number of fused-ring (bicyclic) bond motifs is 1. The zero-order valence-corrected chi connectivity index (χ0v) is 13.7. The van der Waals surface area contributed by atoms with Gasteiger partial charge in [0.2, 0.25) is 0 Å². The minimum Gasteiger partial charge on any atom is -0.493 e. The van der Waals surface area contributed by atoms with E-state index in [4.69, 9.17) is 9.47 Å². The minimum absolute atomic E-state index is 0.0248. The minimum atomic E-state index is -0.538. The van der Waals surface area contributed by atoms with Gasteiger partial charge in [0.05, 0.1) is 24.2 Å². The van der Waals surface area contributed by atoms with Gasteiger partial charge in [-0.3, -0.25) is 14.4 Å². The molecule has 2 aromatic carbocycles. The van der Waals surface area contributed by atoms with Gasteiger partial charge < -0.3 is 9.47 Å². The summed E-state index contributed by atoms with van der Waals surface area (Å²) in [5.74, 6) is -0.781. The fourth-order valence-electron chi connectivity index (χ4n) is 2.45. The molecule has 0 radical (unpaired) electrons.